The summed E-state index contributed by atoms with van der Waals surface area (Å²) in [5, 5.41) is 0. The minimum atomic E-state index is -5.01. The maximum absolute atomic E-state index is 11.1. The van der Waals surface area contributed by atoms with E-state index in [2.05, 4.69) is 15.4 Å². The molecular weight excluding hydrogens is 306 g/mol. The third-order valence-electron chi connectivity index (χ3n) is 2.52. The molecule has 0 saturated carbocycles. The van der Waals surface area contributed by atoms with Crippen LogP contribution in [0.15, 0.2) is 12.7 Å². The van der Waals surface area contributed by atoms with E-state index in [0.29, 0.717) is 6.42 Å². The van der Waals surface area contributed by atoms with E-state index in [-0.39, 0.29) is 6.61 Å². The van der Waals surface area contributed by atoms with Gasteiger partial charge in [-0.05, 0) is 19.3 Å². The largest absolute Gasteiger partial charge is 0.481 e. The van der Waals surface area contributed by atoms with E-state index >= 15 is 0 Å². The minimum Gasteiger partial charge on any atom is -0.302 e. The van der Waals surface area contributed by atoms with E-state index in [0.717, 1.165) is 38.5 Å². The molecule has 0 aromatic rings. The van der Waals surface area contributed by atoms with Crippen molar-refractivity contribution in [2.24, 2.45) is 0 Å². The molecule has 20 heavy (non-hydrogen) atoms. The van der Waals surface area contributed by atoms with Gasteiger partial charge in [-0.15, -0.1) is 6.58 Å². The van der Waals surface area contributed by atoms with Crippen molar-refractivity contribution < 1.29 is 32.6 Å². The van der Waals surface area contributed by atoms with Crippen LogP contribution < -0.4 is 0 Å². The van der Waals surface area contributed by atoms with E-state index in [1.54, 1.807) is 0 Å². The van der Waals surface area contributed by atoms with Gasteiger partial charge in [0, 0.05) is 0 Å². The van der Waals surface area contributed by atoms with Crippen LogP contribution in [0.2, 0.25) is 0 Å². The van der Waals surface area contributed by atoms with Gasteiger partial charge in [0.2, 0.25) is 0 Å². The van der Waals surface area contributed by atoms with Crippen LogP contribution in [0.5, 0.6) is 0 Å². The number of hydrogen-bond acceptors (Lipinski definition) is 4. The zero-order valence-corrected chi connectivity index (χ0v) is 13.3. The molecule has 0 saturated heterocycles. The number of allylic oxidation sites excluding steroid dienone is 1. The highest BCUT2D eigenvalue weighted by molar-refractivity contribution is 7.60. The molecule has 120 valence electrons. The van der Waals surface area contributed by atoms with Gasteiger partial charge in [0.15, 0.2) is 0 Å². The second-order valence-corrected chi connectivity index (χ2v) is 7.26. The average Bonchev–Trinajstić information content (AvgIpc) is 2.28. The molecule has 0 spiro atoms. The van der Waals surface area contributed by atoms with Crippen LogP contribution >= 0.6 is 15.6 Å². The smallest absolute Gasteiger partial charge is 0.302 e. The summed E-state index contributed by atoms with van der Waals surface area (Å²) in [6.07, 6.45) is 9.88. The van der Waals surface area contributed by atoms with Gasteiger partial charge < -0.3 is 14.7 Å². The minimum absolute atomic E-state index is 0.0652. The molecular formula is C11H24O7P2. The molecule has 0 amide bonds. The second-order valence-electron chi connectivity index (χ2n) is 4.43. The average molecular weight is 330 g/mol. The quantitative estimate of drug-likeness (QED) is 0.269. The highest BCUT2D eigenvalue weighted by Gasteiger charge is 2.31. The highest BCUT2D eigenvalue weighted by Crippen LogP contribution is 2.57. The summed E-state index contributed by atoms with van der Waals surface area (Å²) in [6, 6.07) is 0. The topological polar surface area (TPSA) is 113 Å². The fraction of sp³-hybridized carbons (Fsp3) is 0.818. The Morgan fingerprint density at radius 1 is 0.900 bits per heavy atom. The lowest BCUT2D eigenvalue weighted by molar-refractivity contribution is 0.176. The van der Waals surface area contributed by atoms with Crippen LogP contribution in [-0.4, -0.2) is 21.3 Å². The third kappa shape index (κ3) is 14.4. The molecule has 9 heteroatoms. The Labute approximate surface area is 119 Å². The van der Waals surface area contributed by atoms with Crippen molar-refractivity contribution in [3.8, 4) is 0 Å². The SMILES string of the molecule is C=CCCCCCCCCCOP(=O)(O)OP(=O)(O)O. The molecule has 0 aromatic heterocycles. The zero-order valence-electron chi connectivity index (χ0n) is 11.5. The molecule has 0 bridgehead atoms. The molecule has 1 unspecified atom stereocenters. The maximum Gasteiger partial charge on any atom is 0.481 e. The van der Waals surface area contributed by atoms with Crippen LogP contribution in [0.25, 0.3) is 0 Å². The Morgan fingerprint density at radius 3 is 1.90 bits per heavy atom. The molecule has 7 nitrogen and oxygen atoms in total. The Morgan fingerprint density at radius 2 is 1.40 bits per heavy atom. The monoisotopic (exact) mass is 330 g/mol. The van der Waals surface area contributed by atoms with Gasteiger partial charge in [-0.25, -0.2) is 9.13 Å². The lowest BCUT2D eigenvalue weighted by Crippen LogP contribution is -1.96. The summed E-state index contributed by atoms with van der Waals surface area (Å²) in [5.74, 6) is 0. The predicted molar refractivity (Wildman–Crippen MR) is 76.0 cm³/mol. The summed E-state index contributed by atoms with van der Waals surface area (Å²) in [7, 11) is -9.67. The number of phosphoric ester groups is 1. The van der Waals surface area contributed by atoms with Gasteiger partial charge in [0.05, 0.1) is 6.61 Å². The van der Waals surface area contributed by atoms with E-state index in [9.17, 15) is 9.13 Å². The first kappa shape index (κ1) is 20.0. The predicted octanol–water partition coefficient (Wildman–Crippen LogP) is 3.52. The first-order valence-corrected chi connectivity index (χ1v) is 9.64. The van der Waals surface area contributed by atoms with Crippen LogP contribution in [0.1, 0.15) is 51.4 Å². The molecule has 0 heterocycles. The molecule has 0 rings (SSSR count). The Balaban J connectivity index is 3.46. The highest BCUT2D eigenvalue weighted by atomic mass is 31.3. The third-order valence-corrected chi connectivity index (χ3v) is 4.70. The first-order valence-electron chi connectivity index (χ1n) is 6.62. The molecule has 0 aromatic carbocycles. The van der Waals surface area contributed by atoms with Crippen molar-refractivity contribution in [2.75, 3.05) is 6.61 Å². The fourth-order valence-corrected chi connectivity index (χ4v) is 3.24. The van der Waals surface area contributed by atoms with Crippen molar-refractivity contribution in [2.45, 2.75) is 51.4 Å². The van der Waals surface area contributed by atoms with Gasteiger partial charge in [-0.3, -0.25) is 4.52 Å². The van der Waals surface area contributed by atoms with Crippen LogP contribution in [0.3, 0.4) is 0 Å². The van der Waals surface area contributed by atoms with Crippen molar-refractivity contribution >= 4 is 15.6 Å². The van der Waals surface area contributed by atoms with E-state index in [1.807, 2.05) is 6.08 Å². The maximum atomic E-state index is 11.1. The molecule has 3 N–H and O–H groups in total. The molecule has 0 radical (unpaired) electrons. The first-order chi connectivity index (χ1) is 9.27. The molecule has 1 atom stereocenters. The Hall–Kier alpha value is -0.0000000000000000416. The lowest BCUT2D eigenvalue weighted by Gasteiger charge is -2.12. The fourth-order valence-electron chi connectivity index (χ4n) is 1.61. The Kier molecular flexibility index (Phi) is 10.7. The van der Waals surface area contributed by atoms with Gasteiger partial charge in [0.1, 0.15) is 0 Å². The van der Waals surface area contributed by atoms with Crippen LogP contribution in [0, 0.1) is 0 Å². The summed E-state index contributed by atoms with van der Waals surface area (Å²) in [6.45, 7) is 3.59. The summed E-state index contributed by atoms with van der Waals surface area (Å²) >= 11 is 0. The second kappa shape index (κ2) is 10.7. The van der Waals surface area contributed by atoms with E-state index in [1.165, 1.54) is 6.42 Å². The summed E-state index contributed by atoms with van der Waals surface area (Å²) in [5.41, 5.74) is 0. The van der Waals surface area contributed by atoms with E-state index in [4.69, 9.17) is 14.7 Å². The summed E-state index contributed by atoms with van der Waals surface area (Å²) in [4.78, 5) is 25.8. The van der Waals surface area contributed by atoms with Crippen molar-refractivity contribution in [3.63, 3.8) is 0 Å². The number of rotatable bonds is 13. The van der Waals surface area contributed by atoms with Crippen molar-refractivity contribution in [1.82, 2.24) is 0 Å². The zero-order chi connectivity index (χ0) is 15.5. The van der Waals surface area contributed by atoms with Gasteiger partial charge in [-0.2, -0.15) is 4.31 Å². The van der Waals surface area contributed by atoms with Gasteiger partial charge in [-0.1, -0.05) is 38.2 Å². The number of hydrogen-bond donors (Lipinski definition) is 3. The normalized spacial score (nSPS) is 14.9. The van der Waals surface area contributed by atoms with Crippen LogP contribution in [-0.2, 0) is 18.0 Å². The van der Waals surface area contributed by atoms with Gasteiger partial charge >= 0.3 is 15.6 Å². The van der Waals surface area contributed by atoms with Crippen LogP contribution in [0.4, 0.5) is 0 Å². The summed E-state index contributed by atoms with van der Waals surface area (Å²) < 4.78 is 29.6. The number of unbranched alkanes of at least 4 members (excludes halogenated alkanes) is 7. The Bertz CT molecular complexity index is 353. The van der Waals surface area contributed by atoms with Gasteiger partial charge in [0.25, 0.3) is 0 Å². The standard InChI is InChI=1S/C11H24O7P2/c1-2-3-4-5-6-7-8-9-10-11-17-20(15,16)18-19(12,13)14/h2H,1,3-11H2,(H,15,16)(H2,12,13,14). The van der Waals surface area contributed by atoms with E-state index < -0.39 is 15.6 Å². The molecule has 0 aliphatic carbocycles. The molecule has 0 fully saturated rings. The van der Waals surface area contributed by atoms with Crippen molar-refractivity contribution in [1.29, 1.82) is 0 Å². The van der Waals surface area contributed by atoms with Crippen molar-refractivity contribution in [3.05, 3.63) is 12.7 Å². The molecule has 0 aliphatic rings. The number of phosphoric acid groups is 2. The molecule has 0 aliphatic heterocycles. The lowest BCUT2D eigenvalue weighted by atomic mass is 10.1.